The van der Waals surface area contributed by atoms with Crippen molar-refractivity contribution < 1.29 is 39.6 Å². The Hall–Kier alpha value is -2.11. The summed E-state index contributed by atoms with van der Waals surface area (Å²) in [5, 5.41) is 41.5. The van der Waals surface area contributed by atoms with Gasteiger partial charge in [0.15, 0.2) is 39.9 Å². The minimum absolute atomic E-state index is 0.286. The maximum atomic E-state index is 12.9. The normalized spacial score (nSPS) is 35.2. The number of aliphatic hydroxyl groups is 4. The molecule has 1 aromatic carbocycles. The van der Waals surface area contributed by atoms with Crippen LogP contribution in [0.1, 0.15) is 33.3 Å². The number of carbonyl (C=O) groups excluding carboxylic acids is 4. The van der Waals surface area contributed by atoms with Gasteiger partial charge in [-0.3, -0.25) is 19.2 Å². The van der Waals surface area contributed by atoms with Gasteiger partial charge in [-0.2, -0.15) is 0 Å². The number of fused-ring (bicyclic) bond motifs is 1. The van der Waals surface area contributed by atoms with E-state index in [9.17, 15) is 39.6 Å². The van der Waals surface area contributed by atoms with Gasteiger partial charge in [-0.25, -0.2) is 0 Å². The quantitative estimate of drug-likeness (QED) is 0.428. The van der Waals surface area contributed by atoms with Gasteiger partial charge in [-0.15, -0.1) is 11.8 Å². The van der Waals surface area contributed by atoms with Crippen molar-refractivity contribution in [2.75, 3.05) is 11.4 Å². The third kappa shape index (κ3) is 3.01. The van der Waals surface area contributed by atoms with Crippen LogP contribution in [-0.2, 0) is 25.6 Å². The van der Waals surface area contributed by atoms with Gasteiger partial charge in [-0.05, 0) is 45.7 Å². The number of hydrogen-bond donors (Lipinski definition) is 4. The number of hydrogen-bond acceptors (Lipinski definition) is 10. The first-order valence-electron chi connectivity index (χ1n) is 10.2. The zero-order chi connectivity index (χ0) is 24.2. The molecule has 32 heavy (non-hydrogen) atoms. The Morgan fingerprint density at radius 2 is 1.56 bits per heavy atom. The number of aliphatic hydroxyl groups excluding tert-OH is 1. The van der Waals surface area contributed by atoms with Crippen molar-refractivity contribution in [3.63, 3.8) is 0 Å². The second-order valence-electron chi connectivity index (χ2n) is 8.43. The molecule has 1 fully saturated rings. The van der Waals surface area contributed by atoms with Crippen LogP contribution in [-0.4, -0.2) is 83.6 Å². The lowest BCUT2D eigenvalue weighted by Gasteiger charge is -2.59. The molecule has 4 N–H and O–H groups in total. The zero-order valence-corrected chi connectivity index (χ0v) is 19.0. The van der Waals surface area contributed by atoms with Crippen LogP contribution in [0, 0.1) is 0 Å². The summed E-state index contributed by atoms with van der Waals surface area (Å²) < 4.78 is 0. The Bertz CT molecular complexity index is 996. The minimum atomic E-state index is -3.35. The molecule has 174 valence electrons. The van der Waals surface area contributed by atoms with Gasteiger partial charge in [0.2, 0.25) is 0 Å². The molecule has 2 aliphatic heterocycles. The van der Waals surface area contributed by atoms with Gasteiger partial charge < -0.3 is 25.3 Å². The molecule has 0 spiro atoms. The predicted octanol–water partition coefficient (Wildman–Crippen LogP) is -0.599. The molecule has 0 aliphatic carbocycles. The van der Waals surface area contributed by atoms with Gasteiger partial charge in [0.1, 0.15) is 16.7 Å². The fraction of sp³-hybridized carbons (Fsp3) is 0.545. The minimum Gasteiger partial charge on any atom is -0.386 e. The lowest BCUT2D eigenvalue weighted by molar-refractivity contribution is -0.231. The molecule has 10 heteroatoms. The van der Waals surface area contributed by atoms with E-state index in [4.69, 9.17) is 0 Å². The highest BCUT2D eigenvalue weighted by molar-refractivity contribution is 8.01. The van der Waals surface area contributed by atoms with E-state index in [0.29, 0.717) is 23.9 Å². The molecule has 2 aliphatic rings. The molecule has 0 radical (unpaired) electrons. The Kier molecular flexibility index (Phi) is 6.16. The van der Waals surface area contributed by atoms with Gasteiger partial charge in [-0.1, -0.05) is 18.2 Å². The third-order valence-electron chi connectivity index (χ3n) is 6.56. The molecule has 0 bridgehead atoms. The van der Waals surface area contributed by atoms with E-state index in [-0.39, 0.29) is 6.54 Å². The number of Topliss-reactive ketones (excluding diaryl/α,β-unsaturated/α-hetero) is 4. The standard InChI is InChI=1S/C22H27NO8S/c1-11(24)17(28)18-20(29,12(2)25)22(31,14(4)27)21(30,13(3)26)19(32-18)23-10-9-15-7-5-6-8-16(15)23/h5-8,11,18-19,24,29-31H,9-10H2,1-4H3/t11?,18-,19-,20+,21-,22-/m0/s1. The molecule has 0 saturated carbocycles. The highest BCUT2D eigenvalue weighted by Gasteiger charge is 2.79. The van der Waals surface area contributed by atoms with E-state index in [1.165, 1.54) is 0 Å². The maximum Gasteiger partial charge on any atom is 0.199 e. The molecule has 2 heterocycles. The summed E-state index contributed by atoms with van der Waals surface area (Å²) in [5.41, 5.74) is -7.95. The van der Waals surface area contributed by atoms with Crippen LogP contribution in [0.5, 0.6) is 0 Å². The van der Waals surface area contributed by atoms with Gasteiger partial charge in [0, 0.05) is 12.2 Å². The molecule has 3 rings (SSSR count). The number of benzene rings is 1. The smallest absolute Gasteiger partial charge is 0.199 e. The van der Waals surface area contributed by atoms with Crippen molar-refractivity contribution in [1.82, 2.24) is 0 Å². The summed E-state index contributed by atoms with van der Waals surface area (Å²) in [6.07, 6.45) is -1.12. The van der Waals surface area contributed by atoms with Crippen LogP contribution in [0.2, 0.25) is 0 Å². The van der Waals surface area contributed by atoms with Crippen LogP contribution in [0.4, 0.5) is 5.69 Å². The average molecular weight is 466 g/mol. The number of anilines is 1. The first-order chi connectivity index (χ1) is 14.8. The third-order valence-corrected chi connectivity index (χ3v) is 8.26. The second-order valence-corrected chi connectivity index (χ2v) is 9.62. The molecule has 6 atom stereocenters. The predicted molar refractivity (Wildman–Crippen MR) is 116 cm³/mol. The van der Waals surface area contributed by atoms with Crippen LogP contribution >= 0.6 is 11.8 Å². The van der Waals surface area contributed by atoms with E-state index in [1.807, 2.05) is 12.1 Å². The molecule has 1 aromatic rings. The second kappa shape index (κ2) is 8.03. The lowest BCUT2D eigenvalue weighted by Crippen LogP contribution is -2.86. The van der Waals surface area contributed by atoms with Crippen LogP contribution in [0.15, 0.2) is 24.3 Å². The molecule has 1 unspecified atom stereocenters. The highest BCUT2D eigenvalue weighted by Crippen LogP contribution is 2.55. The van der Waals surface area contributed by atoms with E-state index >= 15 is 0 Å². The Labute approximate surface area is 189 Å². The number of nitrogens with zero attached hydrogens (tertiary/aromatic N) is 1. The van der Waals surface area contributed by atoms with Gasteiger partial charge >= 0.3 is 0 Å². The molecular formula is C22H27NO8S. The summed E-state index contributed by atoms with van der Waals surface area (Å²) in [6, 6.07) is 7.12. The summed E-state index contributed by atoms with van der Waals surface area (Å²) in [6.45, 7) is 4.04. The summed E-state index contributed by atoms with van der Waals surface area (Å²) in [4.78, 5) is 52.9. The lowest BCUT2D eigenvalue weighted by atomic mass is 9.62. The topological polar surface area (TPSA) is 152 Å². The van der Waals surface area contributed by atoms with E-state index < -0.39 is 56.7 Å². The van der Waals surface area contributed by atoms with Crippen molar-refractivity contribution in [2.24, 2.45) is 0 Å². The molecular weight excluding hydrogens is 438 g/mol. The highest BCUT2D eigenvalue weighted by atomic mass is 32.2. The average Bonchev–Trinajstić information content (AvgIpc) is 3.15. The zero-order valence-electron chi connectivity index (χ0n) is 18.2. The number of carbonyl (C=O) groups is 4. The summed E-state index contributed by atoms with van der Waals surface area (Å²) in [7, 11) is 0. The SMILES string of the molecule is CC(=O)[C@]1(O)[C@@](O)(C(C)=O)[C@H](C(=O)C(C)O)S[C@H](N2CCc3ccccc32)[C@@]1(O)C(C)=O. The summed E-state index contributed by atoms with van der Waals surface area (Å²) >= 11 is 0.582. The fourth-order valence-corrected chi connectivity index (χ4v) is 6.81. The monoisotopic (exact) mass is 465 g/mol. The molecule has 0 amide bonds. The molecule has 1 saturated heterocycles. The van der Waals surface area contributed by atoms with Crippen LogP contribution in [0.3, 0.4) is 0 Å². The Balaban J connectivity index is 2.34. The molecule has 0 aromatic heterocycles. The van der Waals surface area contributed by atoms with Crippen LogP contribution in [0.25, 0.3) is 0 Å². The first-order valence-corrected chi connectivity index (χ1v) is 11.1. The van der Waals surface area contributed by atoms with Crippen molar-refractivity contribution in [2.45, 2.75) is 67.6 Å². The van der Waals surface area contributed by atoms with Crippen molar-refractivity contribution in [3.05, 3.63) is 29.8 Å². The first kappa shape index (κ1) is 24.5. The number of ketones is 4. The fourth-order valence-electron chi connectivity index (χ4n) is 4.79. The Morgan fingerprint density at radius 3 is 2.06 bits per heavy atom. The largest absolute Gasteiger partial charge is 0.386 e. The van der Waals surface area contributed by atoms with E-state index in [0.717, 1.165) is 33.3 Å². The van der Waals surface area contributed by atoms with Gasteiger partial charge in [0.05, 0.1) is 0 Å². The Morgan fingerprint density at radius 1 is 1.00 bits per heavy atom. The van der Waals surface area contributed by atoms with Crippen LogP contribution < -0.4 is 4.90 Å². The van der Waals surface area contributed by atoms with Crippen molar-refractivity contribution in [1.29, 1.82) is 0 Å². The number of para-hydroxylation sites is 1. The van der Waals surface area contributed by atoms with Crippen molar-refractivity contribution in [3.8, 4) is 0 Å². The van der Waals surface area contributed by atoms with E-state index in [2.05, 4.69) is 0 Å². The maximum absolute atomic E-state index is 12.9. The van der Waals surface area contributed by atoms with E-state index in [1.54, 1.807) is 17.0 Å². The number of rotatable bonds is 6. The van der Waals surface area contributed by atoms with Gasteiger partial charge in [0.25, 0.3) is 0 Å². The van der Waals surface area contributed by atoms with Crippen molar-refractivity contribution >= 4 is 40.6 Å². The number of thioether (sulfide) groups is 1. The molecule has 9 nitrogen and oxygen atoms in total. The summed E-state index contributed by atoms with van der Waals surface area (Å²) in [5.74, 6) is -4.52.